The molecule has 1 aliphatic rings. The highest BCUT2D eigenvalue weighted by Crippen LogP contribution is 2.26. The first-order valence-electron chi connectivity index (χ1n) is 4.63. The van der Waals surface area contributed by atoms with Gasteiger partial charge in [-0.1, -0.05) is 6.07 Å². The lowest BCUT2D eigenvalue weighted by atomic mass is 10.0. The van der Waals surface area contributed by atoms with Gasteiger partial charge < -0.3 is 10.4 Å². The Bertz CT molecular complexity index is 326. The van der Waals surface area contributed by atoms with E-state index < -0.39 is 5.97 Å². The average Bonchev–Trinajstić information content (AvgIpc) is 2.68. The Hall–Kier alpha value is -1.42. The lowest BCUT2D eigenvalue weighted by molar-refractivity contribution is -0.141. The summed E-state index contributed by atoms with van der Waals surface area (Å²) in [7, 11) is 0. The molecule has 0 aliphatic carbocycles. The van der Waals surface area contributed by atoms with Gasteiger partial charge in [-0.15, -0.1) is 0 Å². The van der Waals surface area contributed by atoms with E-state index in [1.54, 1.807) is 12.4 Å². The van der Waals surface area contributed by atoms with Gasteiger partial charge in [-0.2, -0.15) is 0 Å². The van der Waals surface area contributed by atoms with E-state index in [4.69, 9.17) is 5.11 Å². The predicted octanol–water partition coefficient (Wildman–Crippen LogP) is 0.817. The molecule has 1 aliphatic heterocycles. The molecule has 4 heteroatoms. The zero-order valence-electron chi connectivity index (χ0n) is 7.68. The second kappa shape index (κ2) is 3.75. The Kier molecular flexibility index (Phi) is 2.45. The standard InChI is InChI=1S/C10H12N2O2/c13-10(14)8-4-9(12-6-8)7-2-1-3-11-5-7/h1-3,5,8-9,12H,4,6H2,(H,13,14). The molecule has 0 aromatic carbocycles. The fraction of sp³-hybridized carbons (Fsp3) is 0.400. The van der Waals surface area contributed by atoms with E-state index in [2.05, 4.69) is 10.3 Å². The molecular formula is C10H12N2O2. The van der Waals surface area contributed by atoms with Crippen LogP contribution in [0.5, 0.6) is 0 Å². The zero-order valence-corrected chi connectivity index (χ0v) is 7.68. The Balaban J connectivity index is 2.06. The van der Waals surface area contributed by atoms with Crippen molar-refractivity contribution < 1.29 is 9.90 Å². The maximum atomic E-state index is 10.7. The van der Waals surface area contributed by atoms with Gasteiger partial charge in [0.05, 0.1) is 5.92 Å². The molecule has 2 N–H and O–H groups in total. The fourth-order valence-electron chi connectivity index (χ4n) is 1.76. The van der Waals surface area contributed by atoms with Crippen LogP contribution in [0.1, 0.15) is 18.0 Å². The van der Waals surface area contributed by atoms with Gasteiger partial charge in [0.25, 0.3) is 0 Å². The highest BCUT2D eigenvalue weighted by Gasteiger charge is 2.29. The number of pyridine rings is 1. The van der Waals surface area contributed by atoms with Crippen LogP contribution in [-0.4, -0.2) is 22.6 Å². The minimum absolute atomic E-state index is 0.143. The van der Waals surface area contributed by atoms with Crippen molar-refractivity contribution in [3.63, 3.8) is 0 Å². The Morgan fingerprint density at radius 3 is 3.07 bits per heavy atom. The fourth-order valence-corrected chi connectivity index (χ4v) is 1.76. The molecular weight excluding hydrogens is 180 g/mol. The van der Waals surface area contributed by atoms with E-state index in [0.717, 1.165) is 5.56 Å². The molecule has 1 aromatic rings. The summed E-state index contributed by atoms with van der Waals surface area (Å²) in [5, 5.41) is 12.0. The number of rotatable bonds is 2. The molecule has 1 saturated heterocycles. The first-order chi connectivity index (χ1) is 6.77. The monoisotopic (exact) mass is 192 g/mol. The molecule has 0 saturated carbocycles. The number of nitrogens with zero attached hydrogens (tertiary/aromatic N) is 1. The van der Waals surface area contributed by atoms with Crippen LogP contribution in [-0.2, 0) is 4.79 Å². The van der Waals surface area contributed by atoms with Crippen LogP contribution in [0.2, 0.25) is 0 Å². The number of hydrogen-bond acceptors (Lipinski definition) is 3. The first-order valence-corrected chi connectivity index (χ1v) is 4.63. The number of hydrogen-bond donors (Lipinski definition) is 2. The molecule has 2 rings (SSSR count). The van der Waals surface area contributed by atoms with Crippen molar-refractivity contribution in [2.75, 3.05) is 6.54 Å². The average molecular weight is 192 g/mol. The number of carbonyl (C=O) groups is 1. The second-order valence-corrected chi connectivity index (χ2v) is 3.52. The van der Waals surface area contributed by atoms with Crippen LogP contribution in [0.15, 0.2) is 24.5 Å². The summed E-state index contributed by atoms with van der Waals surface area (Å²) in [5.41, 5.74) is 1.07. The molecule has 2 atom stereocenters. The van der Waals surface area contributed by atoms with Crippen molar-refractivity contribution in [3.8, 4) is 0 Å². The van der Waals surface area contributed by atoms with Crippen molar-refractivity contribution in [2.24, 2.45) is 5.92 Å². The highest BCUT2D eigenvalue weighted by molar-refractivity contribution is 5.70. The third-order valence-electron chi connectivity index (χ3n) is 2.57. The summed E-state index contributed by atoms with van der Waals surface area (Å²) in [4.78, 5) is 14.7. The van der Waals surface area contributed by atoms with E-state index in [0.29, 0.717) is 13.0 Å². The van der Waals surface area contributed by atoms with Gasteiger partial charge in [-0.25, -0.2) is 0 Å². The number of carboxylic acid groups (broad SMARTS) is 1. The normalized spacial score (nSPS) is 26.3. The van der Waals surface area contributed by atoms with E-state index in [1.807, 2.05) is 12.1 Å². The number of aromatic nitrogens is 1. The van der Waals surface area contributed by atoms with Crippen LogP contribution in [0.25, 0.3) is 0 Å². The largest absolute Gasteiger partial charge is 0.481 e. The van der Waals surface area contributed by atoms with E-state index >= 15 is 0 Å². The minimum Gasteiger partial charge on any atom is -0.481 e. The van der Waals surface area contributed by atoms with Crippen LogP contribution in [0.4, 0.5) is 0 Å². The maximum absolute atomic E-state index is 10.7. The molecule has 2 heterocycles. The molecule has 0 spiro atoms. The molecule has 74 valence electrons. The number of carboxylic acids is 1. The van der Waals surface area contributed by atoms with E-state index in [9.17, 15) is 4.79 Å². The van der Waals surface area contributed by atoms with Gasteiger partial charge in [-0.05, 0) is 18.1 Å². The summed E-state index contributed by atoms with van der Waals surface area (Å²) in [6.07, 6.45) is 4.15. The van der Waals surface area contributed by atoms with Crippen molar-refractivity contribution >= 4 is 5.97 Å². The smallest absolute Gasteiger partial charge is 0.307 e. The topological polar surface area (TPSA) is 62.2 Å². The number of nitrogens with one attached hydrogen (secondary N) is 1. The van der Waals surface area contributed by atoms with Crippen LogP contribution in [0, 0.1) is 5.92 Å². The van der Waals surface area contributed by atoms with Gasteiger partial charge in [0.2, 0.25) is 0 Å². The van der Waals surface area contributed by atoms with Gasteiger partial charge in [0, 0.05) is 25.0 Å². The molecule has 14 heavy (non-hydrogen) atoms. The van der Waals surface area contributed by atoms with Gasteiger partial charge >= 0.3 is 5.97 Å². The summed E-state index contributed by atoms with van der Waals surface area (Å²) in [5.74, 6) is -0.982. The lowest BCUT2D eigenvalue weighted by Crippen LogP contribution is -2.17. The highest BCUT2D eigenvalue weighted by atomic mass is 16.4. The predicted molar refractivity (Wildman–Crippen MR) is 50.7 cm³/mol. The lowest BCUT2D eigenvalue weighted by Gasteiger charge is -2.08. The molecule has 2 unspecified atom stereocenters. The molecule has 4 nitrogen and oxygen atoms in total. The Morgan fingerprint density at radius 2 is 2.50 bits per heavy atom. The molecule has 0 radical (unpaired) electrons. The third kappa shape index (κ3) is 1.75. The summed E-state index contributed by atoms with van der Waals surface area (Å²) >= 11 is 0. The minimum atomic E-state index is -0.719. The second-order valence-electron chi connectivity index (χ2n) is 3.52. The molecule has 1 aromatic heterocycles. The van der Waals surface area contributed by atoms with Crippen molar-refractivity contribution in [2.45, 2.75) is 12.5 Å². The van der Waals surface area contributed by atoms with Gasteiger partial charge in [0.1, 0.15) is 0 Å². The SMILES string of the molecule is O=C(O)C1CNC(c2cccnc2)C1. The van der Waals surface area contributed by atoms with Gasteiger partial charge in [0.15, 0.2) is 0 Å². The molecule has 0 bridgehead atoms. The number of aliphatic carboxylic acids is 1. The van der Waals surface area contributed by atoms with Crippen molar-refractivity contribution in [3.05, 3.63) is 30.1 Å². The Morgan fingerprint density at radius 1 is 1.64 bits per heavy atom. The molecule has 0 amide bonds. The van der Waals surface area contributed by atoms with E-state index in [-0.39, 0.29) is 12.0 Å². The van der Waals surface area contributed by atoms with Crippen LogP contribution >= 0.6 is 0 Å². The van der Waals surface area contributed by atoms with Crippen molar-refractivity contribution in [1.29, 1.82) is 0 Å². The maximum Gasteiger partial charge on any atom is 0.307 e. The summed E-state index contributed by atoms with van der Waals surface area (Å²) in [6.45, 7) is 0.550. The quantitative estimate of drug-likeness (QED) is 0.728. The van der Waals surface area contributed by atoms with E-state index in [1.165, 1.54) is 0 Å². The summed E-state index contributed by atoms with van der Waals surface area (Å²) in [6, 6.07) is 3.98. The van der Waals surface area contributed by atoms with Crippen LogP contribution < -0.4 is 5.32 Å². The zero-order chi connectivity index (χ0) is 9.97. The Labute approximate surface area is 82.0 Å². The molecule has 1 fully saturated rings. The first kappa shape index (κ1) is 9.15. The summed E-state index contributed by atoms with van der Waals surface area (Å²) < 4.78 is 0. The van der Waals surface area contributed by atoms with Crippen molar-refractivity contribution in [1.82, 2.24) is 10.3 Å². The third-order valence-corrected chi connectivity index (χ3v) is 2.57. The van der Waals surface area contributed by atoms with Gasteiger partial charge in [-0.3, -0.25) is 9.78 Å². The van der Waals surface area contributed by atoms with Crippen LogP contribution in [0.3, 0.4) is 0 Å².